The molecule has 0 spiro atoms. The lowest BCUT2D eigenvalue weighted by Crippen LogP contribution is -2.14. The number of aromatic nitrogens is 2. The van der Waals surface area contributed by atoms with Crippen molar-refractivity contribution in [1.29, 1.82) is 0 Å². The molecule has 8 nitrogen and oxygen atoms in total. The number of thioether (sulfide) groups is 1. The van der Waals surface area contributed by atoms with Gasteiger partial charge in [0.2, 0.25) is 5.91 Å². The summed E-state index contributed by atoms with van der Waals surface area (Å²) >= 11 is 1.24. The highest BCUT2D eigenvalue weighted by Gasteiger charge is 2.09. The van der Waals surface area contributed by atoms with E-state index in [2.05, 4.69) is 15.5 Å². The molecule has 1 amide bonds. The Balaban J connectivity index is 1.52. The van der Waals surface area contributed by atoms with Gasteiger partial charge in [0.1, 0.15) is 10.7 Å². The summed E-state index contributed by atoms with van der Waals surface area (Å²) in [7, 11) is 0. The van der Waals surface area contributed by atoms with Crippen LogP contribution in [0, 0.1) is 10.1 Å². The molecule has 2 heterocycles. The van der Waals surface area contributed by atoms with Gasteiger partial charge in [-0.1, -0.05) is 11.8 Å². The first-order valence-electron chi connectivity index (χ1n) is 7.16. The molecule has 0 bridgehead atoms. The van der Waals surface area contributed by atoms with Crippen LogP contribution in [0.4, 0.5) is 11.4 Å². The number of amides is 1. The van der Waals surface area contributed by atoms with Crippen molar-refractivity contribution in [2.45, 2.75) is 5.03 Å². The van der Waals surface area contributed by atoms with Gasteiger partial charge in [-0.25, -0.2) is 0 Å². The maximum Gasteiger partial charge on any atom is 0.269 e. The van der Waals surface area contributed by atoms with Crippen LogP contribution in [0.3, 0.4) is 0 Å². The van der Waals surface area contributed by atoms with Gasteiger partial charge >= 0.3 is 0 Å². The van der Waals surface area contributed by atoms with Crippen LogP contribution in [0.5, 0.6) is 0 Å². The molecule has 0 fully saturated rings. The van der Waals surface area contributed by atoms with E-state index in [4.69, 9.17) is 4.42 Å². The van der Waals surface area contributed by atoms with Gasteiger partial charge in [-0.05, 0) is 36.4 Å². The molecule has 0 aliphatic carbocycles. The Morgan fingerprint density at radius 1 is 1.16 bits per heavy atom. The van der Waals surface area contributed by atoms with Crippen molar-refractivity contribution in [3.05, 3.63) is 64.9 Å². The number of rotatable bonds is 6. The van der Waals surface area contributed by atoms with Crippen molar-refractivity contribution >= 4 is 29.0 Å². The quantitative estimate of drug-likeness (QED) is 0.409. The molecule has 1 aromatic carbocycles. The lowest BCUT2D eigenvalue weighted by Gasteiger charge is -2.04. The van der Waals surface area contributed by atoms with E-state index in [1.54, 1.807) is 30.5 Å². The van der Waals surface area contributed by atoms with E-state index in [9.17, 15) is 14.9 Å². The highest BCUT2D eigenvalue weighted by molar-refractivity contribution is 7.99. The summed E-state index contributed by atoms with van der Waals surface area (Å²) in [6.07, 6.45) is 1.56. The predicted octanol–water partition coefficient (Wildman–Crippen LogP) is 3.38. The average molecular weight is 356 g/mol. The summed E-state index contributed by atoms with van der Waals surface area (Å²) < 4.78 is 5.23. The van der Waals surface area contributed by atoms with Crippen LogP contribution in [0.2, 0.25) is 0 Å². The Morgan fingerprint density at radius 3 is 2.56 bits per heavy atom. The predicted molar refractivity (Wildman–Crippen MR) is 92.2 cm³/mol. The minimum atomic E-state index is -0.494. The third kappa shape index (κ3) is 4.42. The second kappa shape index (κ2) is 7.58. The van der Waals surface area contributed by atoms with E-state index in [1.807, 2.05) is 0 Å². The molecule has 2 aromatic heterocycles. The Morgan fingerprint density at radius 2 is 1.96 bits per heavy atom. The number of non-ortho nitro benzene ring substituents is 1. The van der Waals surface area contributed by atoms with Crippen molar-refractivity contribution in [2.75, 3.05) is 11.1 Å². The normalized spacial score (nSPS) is 10.4. The molecule has 0 saturated carbocycles. The van der Waals surface area contributed by atoms with Crippen LogP contribution in [-0.4, -0.2) is 26.8 Å². The van der Waals surface area contributed by atoms with E-state index >= 15 is 0 Å². The lowest BCUT2D eigenvalue weighted by molar-refractivity contribution is -0.384. The lowest BCUT2D eigenvalue weighted by atomic mass is 10.3. The minimum absolute atomic E-state index is 0.0284. The van der Waals surface area contributed by atoms with Gasteiger partial charge in [-0.2, -0.15) is 0 Å². The van der Waals surface area contributed by atoms with Crippen molar-refractivity contribution < 1.29 is 14.1 Å². The number of nitro groups is 1. The largest absolute Gasteiger partial charge is 0.463 e. The van der Waals surface area contributed by atoms with Crippen LogP contribution in [0.25, 0.3) is 11.5 Å². The number of furan rings is 1. The fourth-order valence-electron chi connectivity index (χ4n) is 1.96. The van der Waals surface area contributed by atoms with Crippen molar-refractivity contribution in [3.8, 4) is 11.5 Å². The molecule has 9 heteroatoms. The highest BCUT2D eigenvalue weighted by Crippen LogP contribution is 2.20. The van der Waals surface area contributed by atoms with E-state index in [0.29, 0.717) is 22.2 Å². The van der Waals surface area contributed by atoms with Crippen LogP contribution in [0.1, 0.15) is 0 Å². The van der Waals surface area contributed by atoms with Gasteiger partial charge in [-0.15, -0.1) is 10.2 Å². The third-order valence-corrected chi connectivity index (χ3v) is 4.05. The van der Waals surface area contributed by atoms with Gasteiger partial charge in [0.25, 0.3) is 5.69 Å². The summed E-state index contributed by atoms with van der Waals surface area (Å²) in [5.74, 6) is 0.530. The Bertz CT molecular complexity index is 864. The zero-order chi connectivity index (χ0) is 17.6. The molecule has 0 aliphatic heterocycles. The molecular formula is C16H12N4O4S. The standard InChI is InChI=1S/C16H12N4O4S/c21-15(17-11-3-5-12(6-4-11)20(22)23)10-25-16-8-7-13(18-19-16)14-2-1-9-24-14/h1-9H,10H2,(H,17,21). The Kier molecular flexibility index (Phi) is 5.05. The zero-order valence-corrected chi connectivity index (χ0v) is 13.6. The number of nitro benzene ring substituents is 1. The van der Waals surface area contributed by atoms with Crippen LogP contribution < -0.4 is 5.32 Å². The van der Waals surface area contributed by atoms with Gasteiger partial charge in [0.05, 0.1) is 16.9 Å². The third-order valence-electron chi connectivity index (χ3n) is 3.13. The maximum absolute atomic E-state index is 11.9. The summed E-state index contributed by atoms with van der Waals surface area (Å²) in [5.41, 5.74) is 1.08. The molecule has 0 aliphatic rings. The minimum Gasteiger partial charge on any atom is -0.463 e. The Hall–Kier alpha value is -3.20. The first-order valence-corrected chi connectivity index (χ1v) is 8.15. The Labute approximate surface area is 146 Å². The fourth-order valence-corrected chi connectivity index (χ4v) is 2.57. The fraction of sp³-hybridized carbons (Fsp3) is 0.0625. The molecule has 1 N–H and O–H groups in total. The molecule has 3 rings (SSSR count). The van der Waals surface area contributed by atoms with Crippen molar-refractivity contribution in [2.24, 2.45) is 0 Å². The second-order valence-corrected chi connectivity index (χ2v) is 5.87. The first kappa shape index (κ1) is 16.7. The molecule has 0 atom stereocenters. The number of anilines is 1. The van der Waals surface area contributed by atoms with Crippen LogP contribution in [0.15, 0.2) is 64.2 Å². The van der Waals surface area contributed by atoms with Crippen LogP contribution >= 0.6 is 11.8 Å². The van der Waals surface area contributed by atoms with E-state index < -0.39 is 4.92 Å². The number of carbonyl (C=O) groups excluding carboxylic acids is 1. The molecule has 25 heavy (non-hydrogen) atoms. The SMILES string of the molecule is O=C(CSc1ccc(-c2ccco2)nn1)Nc1ccc([N+](=O)[O-])cc1. The monoisotopic (exact) mass is 356 g/mol. The summed E-state index contributed by atoms with van der Waals surface area (Å²) in [6.45, 7) is 0. The summed E-state index contributed by atoms with van der Waals surface area (Å²) in [5, 5.41) is 22.0. The smallest absolute Gasteiger partial charge is 0.269 e. The maximum atomic E-state index is 11.9. The first-order chi connectivity index (χ1) is 12.1. The van der Waals surface area contributed by atoms with Crippen molar-refractivity contribution in [3.63, 3.8) is 0 Å². The second-order valence-electron chi connectivity index (χ2n) is 4.87. The highest BCUT2D eigenvalue weighted by atomic mass is 32.2. The van der Waals surface area contributed by atoms with Gasteiger partial charge < -0.3 is 9.73 Å². The zero-order valence-electron chi connectivity index (χ0n) is 12.8. The van der Waals surface area contributed by atoms with Gasteiger partial charge in [0, 0.05) is 17.8 Å². The number of nitrogens with one attached hydrogen (secondary N) is 1. The molecule has 0 radical (unpaired) electrons. The molecule has 0 saturated heterocycles. The van der Waals surface area contributed by atoms with Gasteiger partial charge in [-0.3, -0.25) is 14.9 Å². The van der Waals surface area contributed by atoms with Gasteiger partial charge in [0.15, 0.2) is 5.76 Å². The van der Waals surface area contributed by atoms with E-state index in [-0.39, 0.29) is 17.3 Å². The van der Waals surface area contributed by atoms with E-state index in [0.717, 1.165) is 0 Å². The number of nitrogens with zero attached hydrogens (tertiary/aromatic N) is 3. The number of hydrogen-bond donors (Lipinski definition) is 1. The number of hydrogen-bond acceptors (Lipinski definition) is 7. The molecule has 126 valence electrons. The van der Waals surface area contributed by atoms with Crippen LogP contribution in [-0.2, 0) is 4.79 Å². The summed E-state index contributed by atoms with van der Waals surface area (Å²) in [6, 6.07) is 12.7. The average Bonchev–Trinajstić information content (AvgIpc) is 3.15. The van der Waals surface area contributed by atoms with Crippen molar-refractivity contribution in [1.82, 2.24) is 10.2 Å². The number of benzene rings is 1. The topological polar surface area (TPSA) is 111 Å². The molecule has 0 unspecified atom stereocenters. The number of carbonyl (C=O) groups is 1. The molecular weight excluding hydrogens is 344 g/mol. The summed E-state index contributed by atoms with van der Waals surface area (Å²) in [4.78, 5) is 22.0. The molecule has 3 aromatic rings. The van der Waals surface area contributed by atoms with E-state index in [1.165, 1.54) is 36.0 Å².